The van der Waals surface area contributed by atoms with Gasteiger partial charge in [0.25, 0.3) is 0 Å². The lowest BCUT2D eigenvalue weighted by Crippen LogP contribution is -2.37. The van der Waals surface area contributed by atoms with Crippen molar-refractivity contribution in [3.05, 3.63) is 94.8 Å². The smallest absolute Gasteiger partial charge is 0.310 e. The summed E-state index contributed by atoms with van der Waals surface area (Å²) in [5.74, 6) is -0.903. The van der Waals surface area contributed by atoms with E-state index >= 15 is 0 Å². The van der Waals surface area contributed by atoms with Crippen molar-refractivity contribution in [1.29, 1.82) is 0 Å². The van der Waals surface area contributed by atoms with E-state index in [1.165, 1.54) is 16.7 Å². The number of fused-ring (bicyclic) bond motifs is 1. The van der Waals surface area contributed by atoms with Gasteiger partial charge in [0.15, 0.2) is 0 Å². The topological polar surface area (TPSA) is 74.2 Å². The van der Waals surface area contributed by atoms with Crippen LogP contribution in [-0.4, -0.2) is 29.1 Å². The van der Waals surface area contributed by atoms with E-state index in [0.29, 0.717) is 5.92 Å². The molecule has 1 aliphatic heterocycles. The highest BCUT2D eigenvalue weighted by atomic mass is 16.4. The van der Waals surface area contributed by atoms with Crippen LogP contribution in [0.25, 0.3) is 0 Å². The van der Waals surface area contributed by atoms with Crippen molar-refractivity contribution in [3.8, 4) is 0 Å². The fourth-order valence-corrected chi connectivity index (χ4v) is 4.51. The van der Waals surface area contributed by atoms with Crippen LogP contribution in [0, 0.1) is 12.8 Å². The summed E-state index contributed by atoms with van der Waals surface area (Å²) in [6, 6.07) is 20.9. The Morgan fingerprint density at radius 3 is 2.75 bits per heavy atom. The lowest BCUT2D eigenvalue weighted by molar-refractivity contribution is -0.138. The lowest BCUT2D eigenvalue weighted by Gasteiger charge is -2.33. The minimum Gasteiger partial charge on any atom is -0.481 e. The molecule has 3 N–H and O–H groups in total. The number of carboxylic acids is 1. The third-order valence-corrected chi connectivity index (χ3v) is 6.53. The average Bonchev–Trinajstić information content (AvgIpc) is 2.82. The zero-order valence-corrected chi connectivity index (χ0v) is 18.7. The highest BCUT2D eigenvalue weighted by molar-refractivity contribution is 5.75. The van der Waals surface area contributed by atoms with Gasteiger partial charge in [-0.15, -0.1) is 0 Å². The Balaban J connectivity index is 1.49. The van der Waals surface area contributed by atoms with Gasteiger partial charge in [0.2, 0.25) is 0 Å². The largest absolute Gasteiger partial charge is 0.481 e. The maximum absolute atomic E-state index is 11.4. The molecule has 2 aromatic carbocycles. The minimum atomic E-state index is -0.791. The standard InChI is InChI=1S/C27H31N3O2/c1-18-10-11-22(19(2)27(31)32)15-21(18)12-14-29-26(20-7-4-3-5-8-20)23-16-25-24(30-17-23)9-6-13-28-25/h3-11,13,15,19,23,26,29-30H,12,14,16-17H2,1-2H3,(H,31,32)/t19-,23+,26+/m0/s1. The van der Waals surface area contributed by atoms with Crippen LogP contribution in [0.3, 0.4) is 0 Å². The molecule has 0 saturated heterocycles. The maximum Gasteiger partial charge on any atom is 0.310 e. The predicted octanol–water partition coefficient (Wildman–Crippen LogP) is 4.74. The summed E-state index contributed by atoms with van der Waals surface area (Å²) in [7, 11) is 0. The molecule has 4 rings (SSSR count). The first kappa shape index (κ1) is 22.0. The Morgan fingerprint density at radius 2 is 1.97 bits per heavy atom. The van der Waals surface area contributed by atoms with E-state index in [-0.39, 0.29) is 6.04 Å². The minimum absolute atomic E-state index is 0.209. The Kier molecular flexibility index (Phi) is 6.86. The lowest BCUT2D eigenvalue weighted by atomic mass is 9.86. The SMILES string of the molecule is Cc1ccc([C@H](C)C(=O)O)cc1CCN[C@H](c1ccccc1)[C@H]1CNc2cccnc2C1. The third-order valence-electron chi connectivity index (χ3n) is 6.53. The molecule has 32 heavy (non-hydrogen) atoms. The number of rotatable bonds is 8. The number of pyridine rings is 1. The van der Waals surface area contributed by atoms with Gasteiger partial charge in [-0.05, 0) is 67.6 Å². The third kappa shape index (κ3) is 5.00. The number of nitrogens with one attached hydrogen (secondary N) is 2. The highest BCUT2D eigenvalue weighted by Crippen LogP contribution is 2.31. The Hall–Kier alpha value is -3.18. The summed E-state index contributed by atoms with van der Waals surface area (Å²) >= 11 is 0. The van der Waals surface area contributed by atoms with Gasteiger partial charge in [0, 0.05) is 24.7 Å². The Labute approximate surface area is 189 Å². The highest BCUT2D eigenvalue weighted by Gasteiger charge is 2.27. The van der Waals surface area contributed by atoms with E-state index in [9.17, 15) is 9.90 Å². The van der Waals surface area contributed by atoms with E-state index < -0.39 is 11.9 Å². The van der Waals surface area contributed by atoms with E-state index in [1.54, 1.807) is 6.92 Å². The normalized spacial score (nSPS) is 17.1. The first-order valence-corrected chi connectivity index (χ1v) is 11.3. The van der Waals surface area contributed by atoms with E-state index in [4.69, 9.17) is 0 Å². The molecule has 166 valence electrons. The molecule has 3 aromatic rings. The van der Waals surface area contributed by atoms with Gasteiger partial charge in [-0.2, -0.15) is 0 Å². The molecule has 0 radical (unpaired) electrons. The number of aromatic nitrogens is 1. The summed E-state index contributed by atoms with van der Waals surface area (Å²) < 4.78 is 0. The first-order chi connectivity index (χ1) is 15.5. The van der Waals surface area contributed by atoms with Gasteiger partial charge in [0.05, 0.1) is 17.3 Å². The molecule has 0 amide bonds. The molecule has 5 nitrogen and oxygen atoms in total. The zero-order chi connectivity index (χ0) is 22.5. The number of hydrogen-bond acceptors (Lipinski definition) is 4. The van der Waals surface area contributed by atoms with Crippen LogP contribution in [0.2, 0.25) is 0 Å². The van der Waals surface area contributed by atoms with Gasteiger partial charge in [-0.3, -0.25) is 9.78 Å². The molecule has 3 atom stereocenters. The van der Waals surface area contributed by atoms with Gasteiger partial charge in [0.1, 0.15) is 0 Å². The number of benzene rings is 2. The number of anilines is 1. The quantitative estimate of drug-likeness (QED) is 0.482. The van der Waals surface area contributed by atoms with Crippen molar-refractivity contribution < 1.29 is 9.90 Å². The molecular formula is C27H31N3O2. The maximum atomic E-state index is 11.4. The van der Waals surface area contributed by atoms with Gasteiger partial charge in [-0.25, -0.2) is 0 Å². The van der Waals surface area contributed by atoms with E-state index in [0.717, 1.165) is 42.9 Å². The van der Waals surface area contributed by atoms with Gasteiger partial charge >= 0.3 is 5.97 Å². The first-order valence-electron chi connectivity index (χ1n) is 11.3. The van der Waals surface area contributed by atoms with Crippen molar-refractivity contribution in [2.45, 2.75) is 38.6 Å². The monoisotopic (exact) mass is 429 g/mol. The molecule has 5 heteroatoms. The summed E-state index contributed by atoms with van der Waals surface area (Å²) in [4.78, 5) is 16.0. The fraction of sp³-hybridized carbons (Fsp3) is 0.333. The van der Waals surface area contributed by atoms with Crippen LogP contribution in [0.5, 0.6) is 0 Å². The molecule has 0 fully saturated rings. The van der Waals surface area contributed by atoms with E-state index in [2.05, 4.69) is 65.0 Å². The molecule has 1 aromatic heterocycles. The summed E-state index contributed by atoms with van der Waals surface area (Å²) in [6.07, 6.45) is 3.65. The van der Waals surface area contributed by atoms with Gasteiger partial charge in [-0.1, -0.05) is 48.5 Å². The second-order valence-electron chi connectivity index (χ2n) is 8.68. The molecule has 0 saturated carbocycles. The fourth-order valence-electron chi connectivity index (χ4n) is 4.51. The van der Waals surface area contributed by atoms with Crippen LogP contribution in [-0.2, 0) is 17.6 Å². The average molecular weight is 430 g/mol. The number of aryl methyl sites for hydroxylation is 1. The molecular weight excluding hydrogens is 398 g/mol. The Morgan fingerprint density at radius 1 is 1.16 bits per heavy atom. The van der Waals surface area contributed by atoms with Crippen LogP contribution in [0.4, 0.5) is 5.69 Å². The number of aliphatic carboxylic acids is 1. The van der Waals surface area contributed by atoms with Crippen LogP contribution in [0.15, 0.2) is 66.9 Å². The molecule has 0 bridgehead atoms. The summed E-state index contributed by atoms with van der Waals surface area (Å²) in [6.45, 7) is 5.54. The molecule has 1 aliphatic rings. The molecule has 0 aliphatic carbocycles. The second kappa shape index (κ2) is 9.96. The Bertz CT molecular complexity index is 1070. The zero-order valence-electron chi connectivity index (χ0n) is 18.7. The number of nitrogens with zero attached hydrogens (tertiary/aromatic N) is 1. The number of carbonyl (C=O) groups is 1. The second-order valence-corrected chi connectivity index (χ2v) is 8.68. The van der Waals surface area contributed by atoms with Crippen LogP contribution in [0.1, 0.15) is 46.8 Å². The van der Waals surface area contributed by atoms with Crippen molar-refractivity contribution >= 4 is 11.7 Å². The van der Waals surface area contributed by atoms with Crippen molar-refractivity contribution in [1.82, 2.24) is 10.3 Å². The van der Waals surface area contributed by atoms with Crippen molar-refractivity contribution in [2.75, 3.05) is 18.4 Å². The van der Waals surface area contributed by atoms with Crippen molar-refractivity contribution in [3.63, 3.8) is 0 Å². The van der Waals surface area contributed by atoms with E-state index in [1.807, 2.05) is 24.4 Å². The number of hydrogen-bond donors (Lipinski definition) is 3. The van der Waals surface area contributed by atoms with Crippen LogP contribution >= 0.6 is 0 Å². The van der Waals surface area contributed by atoms with Gasteiger partial charge < -0.3 is 15.7 Å². The van der Waals surface area contributed by atoms with Crippen molar-refractivity contribution in [2.24, 2.45) is 5.92 Å². The molecule has 0 spiro atoms. The summed E-state index contributed by atoms with van der Waals surface area (Å²) in [5, 5.41) is 16.7. The predicted molar refractivity (Wildman–Crippen MR) is 128 cm³/mol. The number of carboxylic acid groups (broad SMARTS) is 1. The molecule has 0 unspecified atom stereocenters. The van der Waals surface area contributed by atoms with Crippen LogP contribution < -0.4 is 10.6 Å². The molecule has 2 heterocycles. The summed E-state index contributed by atoms with van der Waals surface area (Å²) in [5.41, 5.74) is 6.79.